The third-order valence-electron chi connectivity index (χ3n) is 15.1. The van der Waals surface area contributed by atoms with Crippen LogP contribution in [0.2, 0.25) is 0 Å². The number of aliphatic hydroxyl groups is 2. The molecule has 1 aliphatic carbocycles. The first kappa shape index (κ1) is 59.6. The van der Waals surface area contributed by atoms with Crippen LogP contribution in [0.25, 0.3) is 0 Å². The normalized spacial score (nSPS) is 37.7. The van der Waals surface area contributed by atoms with E-state index in [1.54, 1.807) is 48.0 Å². The minimum Gasteiger partial charge on any atom is -0.460 e. The highest BCUT2D eigenvalue weighted by atomic mass is 16.6. The maximum atomic E-state index is 14.5. The number of methoxy groups -OCH3 is 3. The molecule has 0 spiro atoms. The molecular weight excluding hydrogens is 911 g/mol. The molecule has 15 atom stereocenters. The van der Waals surface area contributed by atoms with Crippen molar-refractivity contribution in [3.8, 4) is 12.0 Å². The SMILES string of the molecule is CC#CO[C@H]1C[C@@H]2CC[C@@H](C)[C@@](O)(O2)C(=O)C(=O)N2CCCC[C@H]2C(=O)O[C@H]([C@H](C)CC2CC[C@H](OCCOC)[C@H](OC)C2)CC(=O)[C@H](C)/C=C(\C)[C@@H](O)[C@@H](OC)C(=O)[C@H](C)C[C@H](C)/C=C/C=C/C=C/1C. The van der Waals surface area contributed by atoms with Crippen molar-refractivity contribution in [3.63, 3.8) is 0 Å². The topological polar surface area (TPSA) is 194 Å². The first-order chi connectivity index (χ1) is 33.8. The van der Waals surface area contributed by atoms with Gasteiger partial charge in [-0.05, 0) is 107 Å². The molecule has 4 aliphatic rings. The van der Waals surface area contributed by atoms with Gasteiger partial charge in [0, 0.05) is 65.4 Å². The molecule has 398 valence electrons. The number of cyclic esters (lactones) is 1. The van der Waals surface area contributed by atoms with Gasteiger partial charge in [0.2, 0.25) is 5.79 Å². The van der Waals surface area contributed by atoms with Crippen LogP contribution in [0.5, 0.6) is 0 Å². The fourth-order valence-corrected chi connectivity index (χ4v) is 10.6. The number of piperidine rings is 1. The number of ether oxygens (including phenoxy) is 7. The summed E-state index contributed by atoms with van der Waals surface area (Å²) in [7, 11) is 4.67. The summed E-state index contributed by atoms with van der Waals surface area (Å²) in [6, 6.07) is -1.15. The van der Waals surface area contributed by atoms with Crippen molar-refractivity contribution >= 4 is 29.2 Å². The van der Waals surface area contributed by atoms with Gasteiger partial charge in [-0.15, -0.1) is 0 Å². The van der Waals surface area contributed by atoms with Crippen LogP contribution >= 0.6 is 0 Å². The standard InChI is InChI=1S/C56H85NO14/c1-12-26-68-47-33-43-23-21-41(8)56(64,71-43)53(61)54(62)57-25-17-16-20-44(57)55(63)70-48(38(5)31-42-22-24-46(49(32-42)66-10)69-28-27-65-9)34-45(58)37(4)30-40(7)51(60)52(67-11)50(59)39(6)29-35(2)18-14-13-15-19-36(47)3/h13-15,18-19,30,35,37-39,41-44,46-49,51-52,60,64H,16-17,20-25,27-29,31-34H2,1-11H3/b15-13+,18-14+,36-19+,40-30+/t35-,37-,38-,39-,41-,42?,43+,44+,46+,47+,48+,49-,51-,52+,56-/m1/s1. The number of Topliss-reactive ketones (excluding diaryl/α,β-unsaturated/α-hetero) is 3. The van der Waals surface area contributed by atoms with E-state index in [9.17, 15) is 34.2 Å². The van der Waals surface area contributed by atoms with Gasteiger partial charge in [-0.1, -0.05) is 77.0 Å². The zero-order chi connectivity index (χ0) is 52.4. The quantitative estimate of drug-likeness (QED) is 0.0734. The summed E-state index contributed by atoms with van der Waals surface area (Å²) in [6.45, 7) is 15.3. The average molecular weight is 996 g/mol. The van der Waals surface area contributed by atoms with Crippen LogP contribution in [0.15, 0.2) is 47.6 Å². The third-order valence-corrected chi connectivity index (χ3v) is 15.1. The number of allylic oxidation sites excluding steroid dienone is 6. The number of hydrogen-bond acceptors (Lipinski definition) is 14. The van der Waals surface area contributed by atoms with E-state index in [2.05, 4.69) is 12.0 Å². The summed E-state index contributed by atoms with van der Waals surface area (Å²) in [5.74, 6) is -5.27. The van der Waals surface area contributed by atoms with Gasteiger partial charge in [-0.3, -0.25) is 19.2 Å². The van der Waals surface area contributed by atoms with Crippen molar-refractivity contribution in [1.82, 2.24) is 4.90 Å². The number of ketones is 3. The van der Waals surface area contributed by atoms with Crippen LogP contribution in [-0.4, -0.2) is 140 Å². The molecule has 3 fully saturated rings. The van der Waals surface area contributed by atoms with Crippen molar-refractivity contribution < 1.29 is 67.3 Å². The van der Waals surface area contributed by atoms with Gasteiger partial charge in [0.1, 0.15) is 42.3 Å². The van der Waals surface area contributed by atoms with Crippen LogP contribution in [0.1, 0.15) is 132 Å². The van der Waals surface area contributed by atoms with Crippen LogP contribution in [0, 0.1) is 47.5 Å². The van der Waals surface area contributed by atoms with Crippen molar-refractivity contribution in [2.75, 3.05) is 41.1 Å². The smallest absolute Gasteiger partial charge is 0.329 e. The zero-order valence-electron chi connectivity index (χ0n) is 44.4. The fraction of sp³-hybridized carbons (Fsp3) is 0.732. The molecule has 4 rings (SSSR count). The molecule has 1 unspecified atom stereocenters. The number of aliphatic hydroxyl groups excluding tert-OH is 1. The van der Waals surface area contributed by atoms with Gasteiger partial charge >= 0.3 is 5.97 Å². The second-order valence-corrected chi connectivity index (χ2v) is 20.7. The molecule has 15 nitrogen and oxygen atoms in total. The first-order valence-electron chi connectivity index (χ1n) is 25.9. The Bertz CT molecular complexity index is 1970. The molecule has 71 heavy (non-hydrogen) atoms. The first-order valence-corrected chi connectivity index (χ1v) is 25.9. The molecule has 0 aromatic heterocycles. The van der Waals surface area contributed by atoms with Crippen LogP contribution in [0.4, 0.5) is 0 Å². The highest BCUT2D eigenvalue weighted by Gasteiger charge is 2.53. The number of hydrogen-bond donors (Lipinski definition) is 2. The van der Waals surface area contributed by atoms with Crippen molar-refractivity contribution in [2.45, 2.75) is 187 Å². The lowest BCUT2D eigenvalue weighted by molar-refractivity contribution is -0.265. The van der Waals surface area contributed by atoms with Crippen LogP contribution < -0.4 is 0 Å². The predicted molar refractivity (Wildman–Crippen MR) is 268 cm³/mol. The number of esters is 1. The monoisotopic (exact) mass is 996 g/mol. The highest BCUT2D eigenvalue weighted by molar-refractivity contribution is 6.39. The lowest BCUT2D eigenvalue weighted by atomic mass is 9.78. The number of carbonyl (C=O) groups excluding carboxylic acids is 5. The number of rotatable bonds is 10. The van der Waals surface area contributed by atoms with Gasteiger partial charge in [0.25, 0.3) is 11.7 Å². The Morgan fingerprint density at radius 3 is 2.31 bits per heavy atom. The van der Waals surface area contributed by atoms with E-state index in [4.69, 9.17) is 33.2 Å². The Morgan fingerprint density at radius 2 is 1.62 bits per heavy atom. The Morgan fingerprint density at radius 1 is 0.873 bits per heavy atom. The Labute approximate surface area is 423 Å². The van der Waals surface area contributed by atoms with Gasteiger partial charge < -0.3 is 48.3 Å². The van der Waals surface area contributed by atoms with Gasteiger partial charge in [0.15, 0.2) is 5.78 Å². The molecule has 0 aromatic rings. The number of fused-ring (bicyclic) bond motifs is 3. The molecule has 15 heteroatoms. The van der Waals surface area contributed by atoms with Crippen molar-refractivity contribution in [3.05, 3.63) is 47.6 Å². The van der Waals surface area contributed by atoms with E-state index >= 15 is 0 Å². The molecular formula is C56H85NO14. The summed E-state index contributed by atoms with van der Waals surface area (Å²) >= 11 is 0. The second-order valence-electron chi connectivity index (χ2n) is 20.7. The maximum absolute atomic E-state index is 14.5. The summed E-state index contributed by atoms with van der Waals surface area (Å²) in [5.41, 5.74) is 1.20. The van der Waals surface area contributed by atoms with Crippen LogP contribution in [-0.2, 0) is 57.1 Å². The summed E-state index contributed by atoms with van der Waals surface area (Å²) in [5, 5.41) is 23.6. The Kier molecular flexibility index (Phi) is 24.3. The third kappa shape index (κ3) is 16.8. The molecule has 3 heterocycles. The fourth-order valence-electron chi connectivity index (χ4n) is 10.6. The zero-order valence-corrected chi connectivity index (χ0v) is 44.4. The van der Waals surface area contributed by atoms with E-state index in [1.165, 1.54) is 12.0 Å². The number of carbonyl (C=O) groups is 5. The minimum absolute atomic E-state index is 0.000433. The molecule has 2 bridgehead atoms. The van der Waals surface area contributed by atoms with Crippen molar-refractivity contribution in [2.24, 2.45) is 35.5 Å². The molecule has 2 saturated heterocycles. The number of amides is 1. The highest BCUT2D eigenvalue weighted by Crippen LogP contribution is 2.38. The van der Waals surface area contributed by atoms with Crippen molar-refractivity contribution in [1.29, 1.82) is 0 Å². The van der Waals surface area contributed by atoms with E-state index in [0.29, 0.717) is 63.7 Å². The van der Waals surface area contributed by atoms with Crippen LogP contribution in [0.3, 0.4) is 0 Å². The largest absolute Gasteiger partial charge is 0.460 e. The van der Waals surface area contributed by atoms with E-state index in [1.807, 2.05) is 58.1 Å². The van der Waals surface area contributed by atoms with Gasteiger partial charge in [-0.2, -0.15) is 0 Å². The molecule has 0 radical (unpaired) electrons. The molecule has 1 saturated carbocycles. The lowest BCUT2D eigenvalue weighted by Gasteiger charge is -2.42. The Hall–Kier alpha value is -4.01. The van der Waals surface area contributed by atoms with Gasteiger partial charge in [0.05, 0.1) is 31.5 Å². The molecule has 0 aromatic carbocycles. The maximum Gasteiger partial charge on any atom is 0.329 e. The van der Waals surface area contributed by atoms with E-state index in [-0.39, 0.29) is 67.3 Å². The minimum atomic E-state index is -2.47. The lowest BCUT2D eigenvalue weighted by Crippen LogP contribution is -2.61. The Balaban J connectivity index is 1.71. The number of nitrogens with zero attached hydrogens (tertiary/aromatic N) is 1. The second kappa shape index (κ2) is 29.0. The predicted octanol–water partition coefficient (Wildman–Crippen LogP) is 7.20. The average Bonchev–Trinajstić information content (AvgIpc) is 3.35. The van der Waals surface area contributed by atoms with E-state index in [0.717, 1.165) is 18.4 Å². The van der Waals surface area contributed by atoms with Gasteiger partial charge in [-0.25, -0.2) is 4.79 Å². The molecule has 2 N–H and O–H groups in total. The van der Waals surface area contributed by atoms with E-state index < -0.39 is 77.8 Å². The molecule has 3 aliphatic heterocycles. The summed E-state index contributed by atoms with van der Waals surface area (Å²) in [4.78, 5) is 72.5. The summed E-state index contributed by atoms with van der Waals surface area (Å²) < 4.78 is 41.2. The molecule has 1 amide bonds. The summed E-state index contributed by atoms with van der Waals surface area (Å²) in [6.07, 6.45) is 14.5.